The summed E-state index contributed by atoms with van der Waals surface area (Å²) in [5.74, 6) is 1.76. The summed E-state index contributed by atoms with van der Waals surface area (Å²) in [6.07, 6.45) is 0. The van der Waals surface area contributed by atoms with Crippen LogP contribution in [0.3, 0.4) is 0 Å². The van der Waals surface area contributed by atoms with E-state index in [0.29, 0.717) is 11.5 Å². The van der Waals surface area contributed by atoms with Gasteiger partial charge in [-0.2, -0.15) is 0 Å². The van der Waals surface area contributed by atoms with Crippen molar-refractivity contribution < 1.29 is 14.3 Å². The molecule has 0 fully saturated rings. The number of anilines is 1. The zero-order chi connectivity index (χ0) is 18.9. The van der Waals surface area contributed by atoms with Gasteiger partial charge in [-0.15, -0.1) is 0 Å². The molecule has 0 spiro atoms. The number of carbonyl (C=O) groups is 1. The molecule has 0 bridgehead atoms. The Balaban J connectivity index is 1.45. The van der Waals surface area contributed by atoms with Crippen LogP contribution in [0.5, 0.6) is 17.2 Å². The van der Waals surface area contributed by atoms with E-state index in [1.807, 2.05) is 72.8 Å². The number of nitrogens with one attached hydrogen (secondary N) is 2. The van der Waals surface area contributed by atoms with Crippen molar-refractivity contribution in [2.24, 2.45) is 0 Å². The van der Waals surface area contributed by atoms with Gasteiger partial charge in [0, 0.05) is 5.69 Å². The zero-order valence-electron chi connectivity index (χ0n) is 14.4. The third-order valence-electron chi connectivity index (χ3n) is 3.46. The average molecular weight is 378 g/mol. The first-order valence-electron chi connectivity index (χ1n) is 8.31. The van der Waals surface area contributed by atoms with Crippen LogP contribution in [0.1, 0.15) is 0 Å². The molecule has 27 heavy (non-hydrogen) atoms. The average Bonchev–Trinajstić information content (AvgIpc) is 2.69. The molecule has 0 aliphatic rings. The molecule has 136 valence electrons. The first-order chi connectivity index (χ1) is 13.2. The first kappa shape index (κ1) is 18.4. The molecule has 3 aromatic rings. The summed E-state index contributed by atoms with van der Waals surface area (Å²) in [4.78, 5) is 11.9. The summed E-state index contributed by atoms with van der Waals surface area (Å²) in [5.41, 5.74) is 0.740. The summed E-state index contributed by atoms with van der Waals surface area (Å²) in [6, 6.07) is 25.9. The number of para-hydroxylation sites is 2. The van der Waals surface area contributed by atoms with Crippen LogP contribution in [0.4, 0.5) is 5.69 Å². The maximum absolute atomic E-state index is 11.9. The van der Waals surface area contributed by atoms with Crippen molar-refractivity contribution in [3.05, 3.63) is 84.9 Å². The highest BCUT2D eigenvalue weighted by molar-refractivity contribution is 7.80. The van der Waals surface area contributed by atoms with E-state index in [9.17, 15) is 4.79 Å². The molecule has 0 heterocycles. The Kier molecular flexibility index (Phi) is 6.38. The van der Waals surface area contributed by atoms with Crippen LogP contribution in [0, 0.1) is 0 Å². The minimum Gasteiger partial charge on any atom is -0.484 e. The summed E-state index contributed by atoms with van der Waals surface area (Å²) in [5, 5.41) is 5.73. The summed E-state index contributed by atoms with van der Waals surface area (Å²) >= 11 is 5.15. The van der Waals surface area contributed by atoms with E-state index in [-0.39, 0.29) is 17.6 Å². The van der Waals surface area contributed by atoms with Gasteiger partial charge in [-0.3, -0.25) is 10.1 Å². The zero-order valence-corrected chi connectivity index (χ0v) is 15.2. The second-order valence-corrected chi connectivity index (χ2v) is 5.95. The van der Waals surface area contributed by atoms with Crippen molar-refractivity contribution in [3.63, 3.8) is 0 Å². The van der Waals surface area contributed by atoms with Gasteiger partial charge in [-0.05, 0) is 60.7 Å². The lowest BCUT2D eigenvalue weighted by Gasteiger charge is -2.11. The van der Waals surface area contributed by atoms with E-state index >= 15 is 0 Å². The highest BCUT2D eigenvalue weighted by Crippen LogP contribution is 2.22. The van der Waals surface area contributed by atoms with Crippen LogP contribution in [-0.4, -0.2) is 17.6 Å². The molecule has 0 aromatic heterocycles. The Labute approximate surface area is 162 Å². The third-order valence-corrected chi connectivity index (χ3v) is 3.66. The highest BCUT2D eigenvalue weighted by atomic mass is 32.1. The maximum Gasteiger partial charge on any atom is 0.264 e. The molecule has 0 atom stereocenters. The topological polar surface area (TPSA) is 59.6 Å². The van der Waals surface area contributed by atoms with Gasteiger partial charge < -0.3 is 14.8 Å². The van der Waals surface area contributed by atoms with Crippen molar-refractivity contribution in [2.45, 2.75) is 0 Å². The van der Waals surface area contributed by atoms with Gasteiger partial charge in [0.25, 0.3) is 5.91 Å². The van der Waals surface area contributed by atoms with Crippen molar-refractivity contribution >= 4 is 28.9 Å². The predicted octanol–water partition coefficient (Wildman–Crippen LogP) is 4.37. The molecule has 3 rings (SSSR count). The fourth-order valence-electron chi connectivity index (χ4n) is 2.22. The Morgan fingerprint density at radius 2 is 1.33 bits per heavy atom. The smallest absolute Gasteiger partial charge is 0.264 e. The number of ether oxygens (including phenoxy) is 2. The number of amides is 1. The predicted molar refractivity (Wildman–Crippen MR) is 109 cm³/mol. The fraction of sp³-hybridized carbons (Fsp3) is 0.0476. The normalized spacial score (nSPS) is 9.93. The van der Waals surface area contributed by atoms with Crippen LogP contribution in [0.2, 0.25) is 0 Å². The van der Waals surface area contributed by atoms with Crippen molar-refractivity contribution in [3.8, 4) is 17.2 Å². The quantitative estimate of drug-likeness (QED) is 0.624. The van der Waals surface area contributed by atoms with Gasteiger partial charge in [0.05, 0.1) is 0 Å². The number of hydrogen-bond acceptors (Lipinski definition) is 4. The van der Waals surface area contributed by atoms with Crippen molar-refractivity contribution in [1.82, 2.24) is 5.32 Å². The summed E-state index contributed by atoms with van der Waals surface area (Å²) in [6.45, 7) is -0.115. The molecule has 0 unspecified atom stereocenters. The Morgan fingerprint density at radius 1 is 0.778 bits per heavy atom. The van der Waals surface area contributed by atoms with E-state index in [4.69, 9.17) is 21.7 Å². The lowest BCUT2D eigenvalue weighted by Crippen LogP contribution is -2.37. The standard InChI is InChI=1S/C21H18N2O3S/c24-20(15-25-17-7-3-1-4-8-17)23-21(27)22-16-11-13-19(14-12-16)26-18-9-5-2-6-10-18/h1-14H,15H2,(H2,22,23,24,27). The van der Waals surface area contributed by atoms with Gasteiger partial charge in [0.1, 0.15) is 17.2 Å². The van der Waals surface area contributed by atoms with Gasteiger partial charge >= 0.3 is 0 Å². The molecule has 0 radical (unpaired) electrons. The van der Waals surface area contributed by atoms with E-state index in [1.54, 1.807) is 12.1 Å². The molecule has 5 nitrogen and oxygen atoms in total. The maximum atomic E-state index is 11.9. The monoisotopic (exact) mass is 378 g/mol. The molecule has 0 saturated heterocycles. The molecule has 0 saturated carbocycles. The van der Waals surface area contributed by atoms with E-state index in [1.165, 1.54) is 0 Å². The van der Waals surface area contributed by atoms with Gasteiger partial charge in [0.2, 0.25) is 0 Å². The molecular formula is C21H18N2O3S. The minimum atomic E-state index is -0.333. The first-order valence-corrected chi connectivity index (χ1v) is 8.71. The number of thiocarbonyl (C=S) groups is 1. The molecule has 6 heteroatoms. The molecule has 2 N–H and O–H groups in total. The lowest BCUT2D eigenvalue weighted by atomic mass is 10.3. The van der Waals surface area contributed by atoms with Crippen LogP contribution >= 0.6 is 12.2 Å². The molecule has 3 aromatic carbocycles. The fourth-order valence-corrected chi connectivity index (χ4v) is 2.45. The second-order valence-electron chi connectivity index (χ2n) is 5.54. The molecule has 0 aliphatic heterocycles. The van der Waals surface area contributed by atoms with E-state index in [2.05, 4.69) is 10.6 Å². The number of hydrogen-bond donors (Lipinski definition) is 2. The van der Waals surface area contributed by atoms with Crippen LogP contribution in [0.15, 0.2) is 84.9 Å². The lowest BCUT2D eigenvalue weighted by molar-refractivity contribution is -0.121. The minimum absolute atomic E-state index is 0.115. The SMILES string of the molecule is O=C(COc1ccccc1)NC(=S)Nc1ccc(Oc2ccccc2)cc1. The molecule has 0 aliphatic carbocycles. The molecule has 1 amide bonds. The number of benzene rings is 3. The summed E-state index contributed by atoms with van der Waals surface area (Å²) in [7, 11) is 0. The summed E-state index contributed by atoms with van der Waals surface area (Å²) < 4.78 is 11.1. The van der Waals surface area contributed by atoms with Crippen molar-refractivity contribution in [2.75, 3.05) is 11.9 Å². The number of rotatable bonds is 6. The van der Waals surface area contributed by atoms with Gasteiger partial charge in [0.15, 0.2) is 11.7 Å². The van der Waals surface area contributed by atoms with Crippen molar-refractivity contribution in [1.29, 1.82) is 0 Å². The van der Waals surface area contributed by atoms with Crippen LogP contribution in [-0.2, 0) is 4.79 Å². The Morgan fingerprint density at radius 3 is 1.96 bits per heavy atom. The third kappa shape index (κ3) is 6.13. The van der Waals surface area contributed by atoms with Crippen LogP contribution in [0.25, 0.3) is 0 Å². The van der Waals surface area contributed by atoms with E-state index in [0.717, 1.165) is 11.4 Å². The second kappa shape index (κ2) is 9.35. The Bertz CT molecular complexity index is 884. The van der Waals surface area contributed by atoms with E-state index < -0.39 is 0 Å². The van der Waals surface area contributed by atoms with Gasteiger partial charge in [-0.1, -0.05) is 36.4 Å². The largest absolute Gasteiger partial charge is 0.484 e. The molecular weight excluding hydrogens is 360 g/mol. The Hall–Kier alpha value is -3.38. The number of carbonyl (C=O) groups excluding carboxylic acids is 1. The van der Waals surface area contributed by atoms with Crippen LogP contribution < -0.4 is 20.1 Å². The highest BCUT2D eigenvalue weighted by Gasteiger charge is 2.06. The van der Waals surface area contributed by atoms with Gasteiger partial charge in [-0.25, -0.2) is 0 Å².